The summed E-state index contributed by atoms with van der Waals surface area (Å²) in [4.78, 5) is 13.8. The average Bonchev–Trinajstić information content (AvgIpc) is 2.98. The fraction of sp³-hybridized carbons (Fsp3) is 0.923. The van der Waals surface area contributed by atoms with Gasteiger partial charge < -0.3 is 10.6 Å². The standard InChI is InChI=1S/C13H26N2O/c1-9(2)7-10(3)15(4)13(16)8-12(14)11-5-6-11/h9-12H,5-8,14H2,1-4H3. The Morgan fingerprint density at radius 3 is 2.38 bits per heavy atom. The molecule has 0 aromatic heterocycles. The zero-order valence-electron chi connectivity index (χ0n) is 11.1. The fourth-order valence-electron chi connectivity index (χ4n) is 2.12. The number of hydrogen-bond acceptors (Lipinski definition) is 2. The number of nitrogens with two attached hydrogens (primary N) is 1. The van der Waals surface area contributed by atoms with E-state index in [2.05, 4.69) is 20.8 Å². The monoisotopic (exact) mass is 226 g/mol. The molecule has 3 heteroatoms. The molecule has 1 aliphatic rings. The molecule has 0 spiro atoms. The Morgan fingerprint density at radius 1 is 1.38 bits per heavy atom. The van der Waals surface area contributed by atoms with Gasteiger partial charge in [-0.3, -0.25) is 4.79 Å². The van der Waals surface area contributed by atoms with Crippen LogP contribution in [0.25, 0.3) is 0 Å². The van der Waals surface area contributed by atoms with Gasteiger partial charge in [-0.05, 0) is 38.0 Å². The lowest BCUT2D eigenvalue weighted by Gasteiger charge is -2.27. The van der Waals surface area contributed by atoms with E-state index in [9.17, 15) is 4.79 Å². The number of nitrogens with zero attached hydrogens (tertiary/aromatic N) is 1. The molecular weight excluding hydrogens is 200 g/mol. The number of amides is 1. The first-order chi connectivity index (χ1) is 7.41. The molecule has 1 fully saturated rings. The SMILES string of the molecule is CC(C)CC(C)N(C)C(=O)CC(N)C1CC1. The minimum atomic E-state index is 0.0844. The predicted octanol–water partition coefficient (Wildman–Crippen LogP) is 2.01. The highest BCUT2D eigenvalue weighted by Crippen LogP contribution is 2.33. The van der Waals surface area contributed by atoms with Gasteiger partial charge >= 0.3 is 0 Å². The molecule has 1 rings (SSSR count). The minimum absolute atomic E-state index is 0.0844. The summed E-state index contributed by atoms with van der Waals surface area (Å²) in [6.07, 6.45) is 3.99. The van der Waals surface area contributed by atoms with Gasteiger partial charge in [-0.2, -0.15) is 0 Å². The number of rotatable bonds is 6. The highest BCUT2D eigenvalue weighted by molar-refractivity contribution is 5.76. The molecule has 1 saturated carbocycles. The lowest BCUT2D eigenvalue weighted by atomic mass is 10.0. The molecule has 2 unspecified atom stereocenters. The predicted molar refractivity (Wildman–Crippen MR) is 67.0 cm³/mol. The van der Waals surface area contributed by atoms with E-state index in [1.54, 1.807) is 0 Å². The second-order valence-corrected chi connectivity index (χ2v) is 5.69. The van der Waals surface area contributed by atoms with Crippen LogP contribution in [0.2, 0.25) is 0 Å². The van der Waals surface area contributed by atoms with Gasteiger partial charge in [-0.1, -0.05) is 13.8 Å². The van der Waals surface area contributed by atoms with Gasteiger partial charge in [0.25, 0.3) is 0 Å². The quantitative estimate of drug-likeness (QED) is 0.753. The van der Waals surface area contributed by atoms with Crippen LogP contribution >= 0.6 is 0 Å². The zero-order chi connectivity index (χ0) is 12.3. The van der Waals surface area contributed by atoms with Crippen LogP contribution in [0, 0.1) is 11.8 Å². The molecule has 0 heterocycles. The lowest BCUT2D eigenvalue weighted by molar-refractivity contribution is -0.132. The van der Waals surface area contributed by atoms with Crippen molar-refractivity contribution in [3.63, 3.8) is 0 Å². The molecule has 94 valence electrons. The first kappa shape index (κ1) is 13.5. The maximum atomic E-state index is 12.0. The molecule has 0 aliphatic heterocycles. The summed E-state index contributed by atoms with van der Waals surface area (Å²) in [6, 6.07) is 0.403. The van der Waals surface area contributed by atoms with Crippen LogP contribution in [0.1, 0.15) is 46.5 Å². The second kappa shape index (κ2) is 5.67. The van der Waals surface area contributed by atoms with Gasteiger partial charge in [0.2, 0.25) is 5.91 Å². The number of carbonyl (C=O) groups excluding carboxylic acids is 1. The molecular formula is C13H26N2O. The van der Waals surface area contributed by atoms with E-state index in [0.29, 0.717) is 24.3 Å². The summed E-state index contributed by atoms with van der Waals surface area (Å²) in [5, 5.41) is 0. The van der Waals surface area contributed by atoms with Crippen molar-refractivity contribution in [3.8, 4) is 0 Å². The third-order valence-corrected chi connectivity index (χ3v) is 3.50. The van der Waals surface area contributed by atoms with Crippen LogP contribution in [0.3, 0.4) is 0 Å². The van der Waals surface area contributed by atoms with E-state index in [0.717, 1.165) is 6.42 Å². The van der Waals surface area contributed by atoms with E-state index >= 15 is 0 Å². The third-order valence-electron chi connectivity index (χ3n) is 3.50. The van der Waals surface area contributed by atoms with Gasteiger partial charge in [0.1, 0.15) is 0 Å². The van der Waals surface area contributed by atoms with Crippen LogP contribution in [0.15, 0.2) is 0 Å². The molecule has 1 amide bonds. The van der Waals surface area contributed by atoms with Crippen molar-refractivity contribution in [2.24, 2.45) is 17.6 Å². The van der Waals surface area contributed by atoms with Crippen molar-refractivity contribution in [2.75, 3.05) is 7.05 Å². The van der Waals surface area contributed by atoms with E-state index in [-0.39, 0.29) is 11.9 Å². The number of hydrogen-bond donors (Lipinski definition) is 1. The molecule has 2 atom stereocenters. The van der Waals surface area contributed by atoms with Crippen LogP contribution in [-0.2, 0) is 4.79 Å². The lowest BCUT2D eigenvalue weighted by Crippen LogP contribution is -2.39. The molecule has 0 bridgehead atoms. The van der Waals surface area contributed by atoms with Gasteiger partial charge in [0.05, 0.1) is 0 Å². The van der Waals surface area contributed by atoms with E-state index in [1.165, 1.54) is 12.8 Å². The Bertz CT molecular complexity index is 236. The summed E-state index contributed by atoms with van der Waals surface area (Å²) in [7, 11) is 1.90. The zero-order valence-corrected chi connectivity index (χ0v) is 11.1. The van der Waals surface area contributed by atoms with Gasteiger partial charge in [-0.15, -0.1) is 0 Å². The molecule has 3 nitrogen and oxygen atoms in total. The van der Waals surface area contributed by atoms with Crippen molar-refractivity contribution in [1.29, 1.82) is 0 Å². The van der Waals surface area contributed by atoms with Gasteiger partial charge in [0.15, 0.2) is 0 Å². The molecule has 0 aromatic carbocycles. The molecule has 1 aliphatic carbocycles. The van der Waals surface area contributed by atoms with Crippen molar-refractivity contribution in [1.82, 2.24) is 4.90 Å². The summed E-state index contributed by atoms with van der Waals surface area (Å²) in [6.45, 7) is 6.48. The first-order valence-corrected chi connectivity index (χ1v) is 6.43. The first-order valence-electron chi connectivity index (χ1n) is 6.43. The summed E-state index contributed by atoms with van der Waals surface area (Å²) >= 11 is 0. The largest absolute Gasteiger partial charge is 0.343 e. The van der Waals surface area contributed by atoms with Crippen molar-refractivity contribution in [3.05, 3.63) is 0 Å². The van der Waals surface area contributed by atoms with Crippen molar-refractivity contribution >= 4 is 5.91 Å². The second-order valence-electron chi connectivity index (χ2n) is 5.69. The van der Waals surface area contributed by atoms with Gasteiger partial charge in [0, 0.05) is 25.6 Å². The Hall–Kier alpha value is -0.570. The smallest absolute Gasteiger partial charge is 0.224 e. The highest BCUT2D eigenvalue weighted by atomic mass is 16.2. The van der Waals surface area contributed by atoms with Crippen LogP contribution < -0.4 is 5.73 Å². The Kier molecular flexibility index (Phi) is 4.78. The number of carbonyl (C=O) groups is 1. The van der Waals surface area contributed by atoms with Crippen LogP contribution in [-0.4, -0.2) is 29.9 Å². The Balaban J connectivity index is 2.33. The van der Waals surface area contributed by atoms with Crippen LogP contribution in [0.5, 0.6) is 0 Å². The third kappa shape index (κ3) is 4.12. The summed E-state index contributed by atoms with van der Waals surface area (Å²) in [5.74, 6) is 1.44. The fourth-order valence-corrected chi connectivity index (χ4v) is 2.12. The normalized spacial score (nSPS) is 19.6. The van der Waals surface area contributed by atoms with Crippen molar-refractivity contribution < 1.29 is 4.79 Å². The summed E-state index contributed by atoms with van der Waals surface area (Å²) < 4.78 is 0. The highest BCUT2D eigenvalue weighted by Gasteiger charge is 2.31. The van der Waals surface area contributed by atoms with E-state index in [4.69, 9.17) is 5.73 Å². The van der Waals surface area contributed by atoms with Gasteiger partial charge in [-0.25, -0.2) is 0 Å². The molecule has 16 heavy (non-hydrogen) atoms. The topological polar surface area (TPSA) is 46.3 Å². The Morgan fingerprint density at radius 2 is 1.94 bits per heavy atom. The average molecular weight is 226 g/mol. The summed E-state index contributed by atoms with van der Waals surface area (Å²) in [5.41, 5.74) is 5.97. The Labute approximate surface area is 99.4 Å². The van der Waals surface area contributed by atoms with E-state index < -0.39 is 0 Å². The van der Waals surface area contributed by atoms with Crippen LogP contribution in [0.4, 0.5) is 0 Å². The molecule has 2 N–H and O–H groups in total. The molecule has 0 saturated heterocycles. The van der Waals surface area contributed by atoms with Crippen molar-refractivity contribution in [2.45, 2.75) is 58.5 Å². The molecule has 0 radical (unpaired) electrons. The maximum Gasteiger partial charge on any atom is 0.224 e. The minimum Gasteiger partial charge on any atom is -0.343 e. The maximum absolute atomic E-state index is 12.0. The van der Waals surface area contributed by atoms with E-state index in [1.807, 2.05) is 11.9 Å². The molecule has 0 aromatic rings.